The Kier molecular flexibility index (Phi) is 8.87. The van der Waals surface area contributed by atoms with Gasteiger partial charge in [-0.05, 0) is 68.7 Å². The highest BCUT2D eigenvalue weighted by Crippen LogP contribution is 2.30. The van der Waals surface area contributed by atoms with E-state index in [1.54, 1.807) is 6.07 Å². The number of nitrogens with zero attached hydrogens (tertiary/aromatic N) is 3. The molecule has 0 bridgehead atoms. The van der Waals surface area contributed by atoms with Crippen LogP contribution in [0.5, 0.6) is 0 Å². The van der Waals surface area contributed by atoms with E-state index in [4.69, 9.17) is 0 Å². The summed E-state index contributed by atoms with van der Waals surface area (Å²) in [6.07, 6.45) is 2.24. The van der Waals surface area contributed by atoms with Crippen molar-refractivity contribution < 1.29 is 14.4 Å². The van der Waals surface area contributed by atoms with E-state index in [-0.39, 0.29) is 17.7 Å². The molecule has 3 aromatic carbocycles. The van der Waals surface area contributed by atoms with Gasteiger partial charge in [0, 0.05) is 69.0 Å². The van der Waals surface area contributed by atoms with Crippen molar-refractivity contribution in [3.8, 4) is 0 Å². The van der Waals surface area contributed by atoms with Gasteiger partial charge in [0.05, 0.1) is 11.4 Å². The zero-order valence-corrected chi connectivity index (χ0v) is 24.0. The Balaban J connectivity index is 1.29. The number of piperazine rings is 1. The van der Waals surface area contributed by atoms with Crippen molar-refractivity contribution in [1.29, 1.82) is 0 Å². The number of carbonyl (C=O) groups excluding carboxylic acids is 3. The van der Waals surface area contributed by atoms with Crippen molar-refractivity contribution in [1.82, 2.24) is 10.2 Å². The first kappa shape index (κ1) is 28.2. The van der Waals surface area contributed by atoms with E-state index < -0.39 is 0 Å². The zero-order chi connectivity index (χ0) is 28.8. The maximum Gasteiger partial charge on any atom is 0.255 e. The Morgan fingerprint density at radius 3 is 2.15 bits per heavy atom. The second kappa shape index (κ2) is 12.9. The van der Waals surface area contributed by atoms with Gasteiger partial charge in [-0.1, -0.05) is 35.9 Å². The van der Waals surface area contributed by atoms with Crippen LogP contribution in [0.15, 0.2) is 66.7 Å². The fourth-order valence-corrected chi connectivity index (χ4v) is 5.57. The number of para-hydroxylation sites is 1. The number of hydrogen-bond acceptors (Lipinski definition) is 5. The number of aryl methyl sites for hydroxylation is 2. The summed E-state index contributed by atoms with van der Waals surface area (Å²) in [4.78, 5) is 44.6. The molecule has 2 fully saturated rings. The molecule has 2 N–H and O–H groups in total. The quantitative estimate of drug-likeness (QED) is 0.378. The first-order chi connectivity index (χ1) is 19.9. The standard InChI is InChI=1S/C33H39N5O3/c1-24-10-12-26(13-11-24)33(41)35-28-23-27(32(40)34-16-6-18-38-17-5-9-31(38)39)14-15-30(28)37-21-19-36(20-22-37)29-8-4-3-7-25(29)2/h3-4,7-8,10-15,23H,5-6,9,16-22H2,1-2H3,(H,34,40)(H,35,41). The first-order valence-corrected chi connectivity index (χ1v) is 14.5. The van der Waals surface area contributed by atoms with E-state index in [1.165, 1.54) is 11.3 Å². The molecule has 2 aliphatic rings. The van der Waals surface area contributed by atoms with E-state index in [9.17, 15) is 14.4 Å². The molecule has 214 valence electrons. The van der Waals surface area contributed by atoms with Crippen molar-refractivity contribution in [2.45, 2.75) is 33.1 Å². The minimum atomic E-state index is -0.211. The van der Waals surface area contributed by atoms with Crippen LogP contribution in [-0.4, -0.2) is 68.4 Å². The third kappa shape index (κ3) is 6.88. The Bertz CT molecular complexity index is 1400. The van der Waals surface area contributed by atoms with Gasteiger partial charge in [0.15, 0.2) is 0 Å². The SMILES string of the molecule is Cc1ccc(C(=O)Nc2cc(C(=O)NCCCN3CCCC3=O)ccc2N2CCN(c3ccccc3C)CC2)cc1. The molecule has 5 rings (SSSR count). The van der Waals surface area contributed by atoms with Crippen molar-refractivity contribution in [3.05, 3.63) is 89.0 Å². The first-order valence-electron chi connectivity index (χ1n) is 14.5. The summed E-state index contributed by atoms with van der Waals surface area (Å²) in [5.74, 6) is -0.210. The van der Waals surface area contributed by atoms with Gasteiger partial charge >= 0.3 is 0 Å². The van der Waals surface area contributed by atoms with Crippen molar-refractivity contribution in [2.24, 2.45) is 0 Å². The summed E-state index contributed by atoms with van der Waals surface area (Å²) in [6, 6.07) is 21.4. The van der Waals surface area contributed by atoms with Crippen molar-refractivity contribution >= 4 is 34.8 Å². The van der Waals surface area contributed by atoms with Gasteiger partial charge in [0.25, 0.3) is 11.8 Å². The Morgan fingerprint density at radius 2 is 1.46 bits per heavy atom. The molecule has 2 heterocycles. The molecule has 0 radical (unpaired) electrons. The van der Waals surface area contributed by atoms with E-state index in [1.807, 2.05) is 48.2 Å². The number of nitrogens with one attached hydrogen (secondary N) is 2. The van der Waals surface area contributed by atoms with Crippen LogP contribution in [0.25, 0.3) is 0 Å². The number of rotatable bonds is 9. The van der Waals surface area contributed by atoms with Gasteiger partial charge < -0.3 is 25.3 Å². The third-order valence-electron chi connectivity index (χ3n) is 7.96. The fourth-order valence-electron chi connectivity index (χ4n) is 5.57. The lowest BCUT2D eigenvalue weighted by Crippen LogP contribution is -2.47. The summed E-state index contributed by atoms with van der Waals surface area (Å²) < 4.78 is 0. The molecule has 8 nitrogen and oxygen atoms in total. The molecule has 3 amide bonds. The van der Waals surface area contributed by atoms with Crippen LogP contribution in [0.2, 0.25) is 0 Å². The van der Waals surface area contributed by atoms with Gasteiger partial charge in [-0.25, -0.2) is 0 Å². The molecule has 2 aliphatic heterocycles. The molecule has 0 saturated carbocycles. The highest BCUT2D eigenvalue weighted by molar-refractivity contribution is 6.07. The second-order valence-electron chi connectivity index (χ2n) is 10.9. The van der Waals surface area contributed by atoms with E-state index in [0.717, 1.165) is 50.4 Å². The summed E-state index contributed by atoms with van der Waals surface area (Å²) in [5, 5.41) is 6.06. The van der Waals surface area contributed by atoms with E-state index in [2.05, 4.69) is 51.6 Å². The molecular weight excluding hydrogens is 514 g/mol. The van der Waals surface area contributed by atoms with Crippen LogP contribution in [0.1, 0.15) is 51.1 Å². The monoisotopic (exact) mass is 553 g/mol. The van der Waals surface area contributed by atoms with E-state index in [0.29, 0.717) is 42.7 Å². The Labute approximate surface area is 242 Å². The van der Waals surface area contributed by atoms with Crippen LogP contribution >= 0.6 is 0 Å². The molecule has 0 aliphatic carbocycles. The lowest BCUT2D eigenvalue weighted by Gasteiger charge is -2.38. The Hall–Kier alpha value is -4.33. The number of amides is 3. The van der Waals surface area contributed by atoms with Gasteiger partial charge in [-0.3, -0.25) is 14.4 Å². The molecular formula is C33H39N5O3. The predicted molar refractivity (Wildman–Crippen MR) is 164 cm³/mol. The maximum atomic E-state index is 13.2. The minimum Gasteiger partial charge on any atom is -0.368 e. The lowest BCUT2D eigenvalue weighted by atomic mass is 10.1. The molecule has 0 atom stereocenters. The molecule has 0 aromatic heterocycles. The van der Waals surface area contributed by atoms with Gasteiger partial charge in [0.1, 0.15) is 0 Å². The highest BCUT2D eigenvalue weighted by Gasteiger charge is 2.23. The summed E-state index contributed by atoms with van der Waals surface area (Å²) >= 11 is 0. The maximum absolute atomic E-state index is 13.2. The van der Waals surface area contributed by atoms with Gasteiger partial charge in [0.2, 0.25) is 5.91 Å². The smallest absolute Gasteiger partial charge is 0.255 e. The fraction of sp³-hybridized carbons (Fsp3) is 0.364. The average Bonchev–Trinajstić information content (AvgIpc) is 3.40. The van der Waals surface area contributed by atoms with Crippen LogP contribution < -0.4 is 20.4 Å². The molecule has 2 saturated heterocycles. The lowest BCUT2D eigenvalue weighted by molar-refractivity contribution is -0.127. The summed E-state index contributed by atoms with van der Waals surface area (Å²) in [6.45, 7) is 9.37. The zero-order valence-electron chi connectivity index (χ0n) is 24.0. The number of anilines is 3. The average molecular weight is 554 g/mol. The number of likely N-dealkylation sites (tertiary alicyclic amines) is 1. The molecule has 8 heteroatoms. The molecule has 0 unspecified atom stereocenters. The summed E-state index contributed by atoms with van der Waals surface area (Å²) in [5.41, 5.74) is 6.17. The number of carbonyl (C=O) groups is 3. The van der Waals surface area contributed by atoms with Crippen LogP contribution in [0.3, 0.4) is 0 Å². The Morgan fingerprint density at radius 1 is 0.780 bits per heavy atom. The van der Waals surface area contributed by atoms with Crippen molar-refractivity contribution in [3.63, 3.8) is 0 Å². The van der Waals surface area contributed by atoms with Crippen LogP contribution in [0.4, 0.5) is 17.1 Å². The minimum absolute atomic E-state index is 0.195. The van der Waals surface area contributed by atoms with Crippen LogP contribution in [0, 0.1) is 13.8 Å². The number of hydrogen-bond donors (Lipinski definition) is 2. The largest absolute Gasteiger partial charge is 0.368 e. The van der Waals surface area contributed by atoms with E-state index >= 15 is 0 Å². The molecule has 41 heavy (non-hydrogen) atoms. The van der Waals surface area contributed by atoms with Crippen LogP contribution in [-0.2, 0) is 4.79 Å². The van der Waals surface area contributed by atoms with Gasteiger partial charge in [-0.2, -0.15) is 0 Å². The third-order valence-corrected chi connectivity index (χ3v) is 7.96. The van der Waals surface area contributed by atoms with Gasteiger partial charge in [-0.15, -0.1) is 0 Å². The normalized spacial score (nSPS) is 15.3. The molecule has 3 aromatic rings. The molecule has 0 spiro atoms. The highest BCUT2D eigenvalue weighted by atomic mass is 16.2. The number of benzene rings is 3. The summed E-state index contributed by atoms with van der Waals surface area (Å²) in [7, 11) is 0. The predicted octanol–water partition coefficient (Wildman–Crippen LogP) is 4.62. The second-order valence-corrected chi connectivity index (χ2v) is 10.9. The topological polar surface area (TPSA) is 85.0 Å². The van der Waals surface area contributed by atoms with Crippen molar-refractivity contribution in [2.75, 3.05) is 60.9 Å².